The van der Waals surface area contributed by atoms with E-state index in [9.17, 15) is 9.59 Å². The fourth-order valence-electron chi connectivity index (χ4n) is 4.38. The smallest absolute Gasteiger partial charge is 0.262 e. The Morgan fingerprint density at radius 2 is 1.88 bits per heavy atom. The fourth-order valence-corrected chi connectivity index (χ4v) is 5.51. The SMILES string of the molecule is Cc1ccn2c(=O)cc(CSc3nc4cc(Cl)ccc4c(=O)n3C3CCCCC3)nc2c1. The van der Waals surface area contributed by atoms with Crippen LogP contribution in [0.1, 0.15) is 49.4 Å². The number of aryl methyl sites for hydroxylation is 1. The van der Waals surface area contributed by atoms with Crippen molar-refractivity contribution >= 4 is 39.9 Å². The van der Waals surface area contributed by atoms with Crippen molar-refractivity contribution in [3.8, 4) is 0 Å². The maximum atomic E-state index is 13.4. The second kappa shape index (κ2) is 8.71. The van der Waals surface area contributed by atoms with E-state index < -0.39 is 0 Å². The summed E-state index contributed by atoms with van der Waals surface area (Å²) in [4.78, 5) is 35.4. The summed E-state index contributed by atoms with van der Waals surface area (Å²) < 4.78 is 3.40. The Kier molecular flexibility index (Phi) is 5.78. The number of aromatic nitrogens is 4. The average Bonchev–Trinajstić information content (AvgIpc) is 2.78. The van der Waals surface area contributed by atoms with Crippen LogP contribution in [0.2, 0.25) is 5.02 Å². The minimum absolute atomic E-state index is 0.0248. The first-order chi connectivity index (χ1) is 15.5. The number of hydrogen-bond acceptors (Lipinski definition) is 5. The summed E-state index contributed by atoms with van der Waals surface area (Å²) in [5.74, 6) is 0.449. The molecule has 1 saturated carbocycles. The third kappa shape index (κ3) is 4.07. The fraction of sp³-hybridized carbons (Fsp3) is 0.333. The Hall–Kier alpha value is -2.64. The standard InChI is InChI=1S/C24H23ClN4O2S/c1-15-9-10-28-21(11-15)26-17(13-22(28)30)14-32-24-27-20-12-16(25)7-8-19(20)23(31)29(24)18-5-3-2-4-6-18/h7-13,18H,2-6,14H2,1H3. The highest BCUT2D eigenvalue weighted by Crippen LogP contribution is 2.32. The molecule has 32 heavy (non-hydrogen) atoms. The molecular weight excluding hydrogens is 444 g/mol. The van der Waals surface area contributed by atoms with Gasteiger partial charge >= 0.3 is 0 Å². The van der Waals surface area contributed by atoms with Gasteiger partial charge in [0.25, 0.3) is 11.1 Å². The van der Waals surface area contributed by atoms with Crippen LogP contribution >= 0.6 is 23.4 Å². The molecule has 4 aromatic rings. The van der Waals surface area contributed by atoms with Gasteiger partial charge in [0.1, 0.15) is 5.65 Å². The van der Waals surface area contributed by atoms with Crippen LogP contribution in [-0.4, -0.2) is 18.9 Å². The van der Waals surface area contributed by atoms with Crippen molar-refractivity contribution in [2.45, 2.75) is 56.0 Å². The molecule has 0 atom stereocenters. The molecule has 0 bridgehead atoms. The Labute approximate surface area is 194 Å². The van der Waals surface area contributed by atoms with Gasteiger partial charge in [-0.1, -0.05) is 42.6 Å². The van der Waals surface area contributed by atoms with Crippen molar-refractivity contribution in [3.05, 3.63) is 79.6 Å². The normalized spacial score (nSPS) is 14.9. The maximum Gasteiger partial charge on any atom is 0.262 e. The quantitative estimate of drug-likeness (QED) is 0.307. The summed E-state index contributed by atoms with van der Waals surface area (Å²) in [6.45, 7) is 1.97. The highest BCUT2D eigenvalue weighted by molar-refractivity contribution is 7.98. The molecule has 3 heterocycles. The van der Waals surface area contributed by atoms with Crippen LogP contribution in [0.25, 0.3) is 16.6 Å². The lowest BCUT2D eigenvalue weighted by Crippen LogP contribution is -2.29. The first kappa shape index (κ1) is 21.2. The second-order valence-electron chi connectivity index (χ2n) is 8.33. The first-order valence-corrected chi connectivity index (χ1v) is 12.2. The van der Waals surface area contributed by atoms with E-state index in [2.05, 4.69) is 4.98 Å². The van der Waals surface area contributed by atoms with Crippen LogP contribution in [0.4, 0.5) is 0 Å². The number of hydrogen-bond donors (Lipinski definition) is 0. The highest BCUT2D eigenvalue weighted by Gasteiger charge is 2.22. The summed E-state index contributed by atoms with van der Waals surface area (Å²) in [6.07, 6.45) is 7.12. The monoisotopic (exact) mass is 466 g/mol. The van der Waals surface area contributed by atoms with Crippen LogP contribution in [-0.2, 0) is 5.75 Å². The molecule has 1 aromatic carbocycles. The van der Waals surface area contributed by atoms with Gasteiger partial charge < -0.3 is 0 Å². The molecule has 0 aliphatic heterocycles. The van der Waals surface area contributed by atoms with E-state index in [0.29, 0.717) is 38.2 Å². The number of pyridine rings is 1. The highest BCUT2D eigenvalue weighted by atomic mass is 35.5. The van der Waals surface area contributed by atoms with E-state index in [1.165, 1.54) is 22.6 Å². The Balaban J connectivity index is 1.56. The summed E-state index contributed by atoms with van der Waals surface area (Å²) in [7, 11) is 0. The number of halogens is 1. The van der Waals surface area contributed by atoms with Gasteiger partial charge in [-0.3, -0.25) is 18.6 Å². The predicted molar refractivity (Wildman–Crippen MR) is 129 cm³/mol. The lowest BCUT2D eigenvalue weighted by Gasteiger charge is -2.26. The molecule has 0 saturated heterocycles. The lowest BCUT2D eigenvalue weighted by molar-refractivity contribution is 0.326. The van der Waals surface area contributed by atoms with Crippen LogP contribution in [0.5, 0.6) is 0 Å². The van der Waals surface area contributed by atoms with Crippen molar-refractivity contribution in [1.82, 2.24) is 18.9 Å². The van der Waals surface area contributed by atoms with Crippen molar-refractivity contribution in [3.63, 3.8) is 0 Å². The molecule has 1 aliphatic carbocycles. The number of rotatable bonds is 4. The zero-order valence-corrected chi connectivity index (χ0v) is 19.3. The molecular formula is C24H23ClN4O2S. The maximum absolute atomic E-state index is 13.4. The largest absolute Gasteiger partial charge is 0.284 e. The minimum atomic E-state index is -0.117. The third-order valence-corrected chi connectivity index (χ3v) is 7.22. The zero-order valence-electron chi connectivity index (χ0n) is 17.8. The van der Waals surface area contributed by atoms with E-state index in [1.54, 1.807) is 30.5 Å². The molecule has 1 fully saturated rings. The summed E-state index contributed by atoms with van der Waals surface area (Å²) in [5.41, 5.74) is 2.79. The van der Waals surface area contributed by atoms with Crippen molar-refractivity contribution in [1.29, 1.82) is 0 Å². The molecule has 1 aliphatic rings. The van der Waals surface area contributed by atoms with E-state index in [1.807, 2.05) is 23.6 Å². The van der Waals surface area contributed by atoms with Gasteiger partial charge in [0, 0.05) is 29.1 Å². The second-order valence-corrected chi connectivity index (χ2v) is 9.71. The molecule has 0 N–H and O–H groups in total. The van der Waals surface area contributed by atoms with E-state index in [0.717, 1.165) is 31.2 Å². The lowest BCUT2D eigenvalue weighted by atomic mass is 9.95. The van der Waals surface area contributed by atoms with E-state index in [4.69, 9.17) is 16.6 Å². The average molecular weight is 467 g/mol. The first-order valence-electron chi connectivity index (χ1n) is 10.8. The van der Waals surface area contributed by atoms with Crippen LogP contribution in [0.15, 0.2) is 57.3 Å². The minimum Gasteiger partial charge on any atom is -0.284 e. The van der Waals surface area contributed by atoms with Gasteiger partial charge in [0.15, 0.2) is 5.16 Å². The van der Waals surface area contributed by atoms with E-state index >= 15 is 0 Å². The molecule has 0 amide bonds. The van der Waals surface area contributed by atoms with Gasteiger partial charge in [0.05, 0.1) is 16.6 Å². The number of fused-ring (bicyclic) bond motifs is 2. The van der Waals surface area contributed by atoms with Crippen LogP contribution < -0.4 is 11.1 Å². The Morgan fingerprint density at radius 1 is 1.06 bits per heavy atom. The van der Waals surface area contributed by atoms with Crippen LogP contribution in [0, 0.1) is 6.92 Å². The molecule has 6 nitrogen and oxygen atoms in total. The Bertz CT molecular complexity index is 1440. The molecule has 8 heteroatoms. The van der Waals surface area contributed by atoms with Crippen molar-refractivity contribution < 1.29 is 0 Å². The molecule has 0 unspecified atom stereocenters. The molecule has 164 valence electrons. The van der Waals surface area contributed by atoms with Gasteiger partial charge in [0.2, 0.25) is 0 Å². The zero-order chi connectivity index (χ0) is 22.2. The van der Waals surface area contributed by atoms with E-state index in [-0.39, 0.29) is 17.2 Å². The number of nitrogens with zero attached hydrogens (tertiary/aromatic N) is 4. The van der Waals surface area contributed by atoms with Crippen molar-refractivity contribution in [2.75, 3.05) is 0 Å². The third-order valence-electron chi connectivity index (χ3n) is 6.00. The molecule has 3 aromatic heterocycles. The topological polar surface area (TPSA) is 69.3 Å². The van der Waals surface area contributed by atoms with Gasteiger partial charge in [-0.25, -0.2) is 9.97 Å². The summed E-state index contributed by atoms with van der Waals surface area (Å²) in [5, 5.41) is 1.79. The van der Waals surface area contributed by atoms with Gasteiger partial charge in [-0.2, -0.15) is 0 Å². The summed E-state index contributed by atoms with van der Waals surface area (Å²) in [6, 6.07) is 10.7. The Morgan fingerprint density at radius 3 is 2.69 bits per heavy atom. The van der Waals surface area contributed by atoms with Gasteiger partial charge in [-0.05, 0) is 55.7 Å². The van der Waals surface area contributed by atoms with Crippen LogP contribution in [0.3, 0.4) is 0 Å². The summed E-state index contributed by atoms with van der Waals surface area (Å²) >= 11 is 7.62. The number of benzene rings is 1. The molecule has 0 spiro atoms. The van der Waals surface area contributed by atoms with Crippen molar-refractivity contribution in [2.24, 2.45) is 0 Å². The predicted octanol–water partition coefficient (Wildman–Crippen LogP) is 5.16. The molecule has 0 radical (unpaired) electrons. The molecule has 5 rings (SSSR count). The van der Waals surface area contributed by atoms with Gasteiger partial charge in [-0.15, -0.1) is 0 Å². The number of thioether (sulfide) groups is 1.